The van der Waals surface area contributed by atoms with Gasteiger partial charge in [0.1, 0.15) is 0 Å². The molecule has 0 saturated carbocycles. The third kappa shape index (κ3) is 3.90. The Morgan fingerprint density at radius 2 is 2.11 bits per heavy atom. The lowest BCUT2D eigenvalue weighted by Gasteiger charge is -2.47. The first kappa shape index (κ1) is 15.9. The van der Waals surface area contributed by atoms with Crippen LogP contribution in [0.4, 0.5) is 0 Å². The molecule has 0 radical (unpaired) electrons. The molecule has 0 bridgehead atoms. The summed E-state index contributed by atoms with van der Waals surface area (Å²) in [4.78, 5) is 2.51. The van der Waals surface area contributed by atoms with E-state index in [0.29, 0.717) is 0 Å². The van der Waals surface area contributed by atoms with E-state index in [1.165, 1.54) is 0 Å². The van der Waals surface area contributed by atoms with Crippen LogP contribution in [0.25, 0.3) is 0 Å². The average Bonchev–Trinajstić information content (AvgIpc) is 2.44. The maximum absolute atomic E-state index is 5.77. The number of hydrazine groups is 1. The van der Waals surface area contributed by atoms with Crippen LogP contribution in [-0.2, 0) is 9.47 Å². The number of nitrogens with zero attached hydrogens (tertiary/aromatic N) is 1. The highest BCUT2D eigenvalue weighted by atomic mass is 16.5. The monoisotopic (exact) mass is 259 g/mol. The van der Waals surface area contributed by atoms with Crippen molar-refractivity contribution in [1.29, 1.82) is 0 Å². The van der Waals surface area contributed by atoms with Gasteiger partial charge in [-0.15, -0.1) is 0 Å². The van der Waals surface area contributed by atoms with Crippen LogP contribution in [0, 0.1) is 0 Å². The van der Waals surface area contributed by atoms with Crippen LogP contribution in [0.5, 0.6) is 0 Å². The fraction of sp³-hybridized carbons (Fsp3) is 1.00. The zero-order valence-corrected chi connectivity index (χ0v) is 12.1. The van der Waals surface area contributed by atoms with Gasteiger partial charge >= 0.3 is 0 Å². The van der Waals surface area contributed by atoms with Gasteiger partial charge in [-0.2, -0.15) is 0 Å². The fourth-order valence-corrected chi connectivity index (χ4v) is 2.77. The Bertz CT molecular complexity index is 222. The van der Waals surface area contributed by atoms with Crippen molar-refractivity contribution >= 4 is 0 Å². The largest absolute Gasteiger partial charge is 0.385 e. The van der Waals surface area contributed by atoms with E-state index in [0.717, 1.165) is 52.2 Å². The number of rotatable bonds is 8. The number of hydrogen-bond donors (Lipinski definition) is 2. The van der Waals surface area contributed by atoms with Crippen LogP contribution < -0.4 is 11.3 Å². The highest BCUT2D eigenvalue weighted by Crippen LogP contribution is 2.27. The molecule has 1 fully saturated rings. The van der Waals surface area contributed by atoms with E-state index < -0.39 is 0 Å². The zero-order valence-electron chi connectivity index (χ0n) is 12.1. The molecule has 0 aromatic carbocycles. The minimum atomic E-state index is 0.0896. The van der Waals surface area contributed by atoms with Gasteiger partial charge in [0.05, 0.1) is 13.2 Å². The lowest BCUT2D eigenvalue weighted by Crippen LogP contribution is -2.63. The van der Waals surface area contributed by atoms with Gasteiger partial charge < -0.3 is 9.47 Å². The number of nitrogens with two attached hydrogens (primary N) is 1. The summed E-state index contributed by atoms with van der Waals surface area (Å²) in [6.45, 7) is 8.96. The second kappa shape index (κ2) is 8.07. The first-order valence-electron chi connectivity index (χ1n) is 6.97. The van der Waals surface area contributed by atoms with Crippen molar-refractivity contribution in [3.05, 3.63) is 0 Å². The van der Waals surface area contributed by atoms with E-state index in [9.17, 15) is 0 Å². The van der Waals surface area contributed by atoms with E-state index in [-0.39, 0.29) is 11.6 Å². The first-order chi connectivity index (χ1) is 8.69. The smallest absolute Gasteiger partial charge is 0.0594 e. The number of nitrogens with one attached hydrogen (secondary N) is 1. The van der Waals surface area contributed by atoms with Gasteiger partial charge in [0.25, 0.3) is 0 Å². The molecule has 1 saturated heterocycles. The lowest BCUT2D eigenvalue weighted by atomic mass is 9.84. The third-order valence-corrected chi connectivity index (χ3v) is 4.24. The highest BCUT2D eigenvalue weighted by Gasteiger charge is 2.38. The van der Waals surface area contributed by atoms with Crippen molar-refractivity contribution in [2.75, 3.05) is 40.0 Å². The molecular weight excluding hydrogens is 230 g/mol. The summed E-state index contributed by atoms with van der Waals surface area (Å²) >= 11 is 0. The minimum Gasteiger partial charge on any atom is -0.385 e. The summed E-state index contributed by atoms with van der Waals surface area (Å²) in [6, 6.07) is 0.288. The van der Waals surface area contributed by atoms with Crippen LogP contribution in [0.1, 0.15) is 33.1 Å². The maximum Gasteiger partial charge on any atom is 0.0594 e. The maximum atomic E-state index is 5.77. The minimum absolute atomic E-state index is 0.0896. The molecule has 3 N–H and O–H groups in total. The standard InChI is InChI=1S/C13H29N3O2/c1-4-13(2,16-7-10-18-11-8-16)12(15-14)6-5-9-17-3/h12,15H,4-11,14H2,1-3H3. The van der Waals surface area contributed by atoms with Crippen molar-refractivity contribution in [3.63, 3.8) is 0 Å². The van der Waals surface area contributed by atoms with Crippen LogP contribution in [-0.4, -0.2) is 56.5 Å². The Labute approximate surface area is 111 Å². The van der Waals surface area contributed by atoms with Gasteiger partial charge in [-0.3, -0.25) is 16.2 Å². The van der Waals surface area contributed by atoms with Gasteiger partial charge in [-0.05, 0) is 26.2 Å². The quantitative estimate of drug-likeness (QED) is 0.383. The Balaban J connectivity index is 2.62. The summed E-state index contributed by atoms with van der Waals surface area (Å²) in [7, 11) is 1.74. The molecule has 108 valence electrons. The lowest BCUT2D eigenvalue weighted by molar-refractivity contribution is -0.0343. The number of methoxy groups -OCH3 is 1. The Hall–Kier alpha value is -0.200. The molecule has 1 heterocycles. The Morgan fingerprint density at radius 3 is 2.61 bits per heavy atom. The summed E-state index contributed by atoms with van der Waals surface area (Å²) < 4.78 is 10.6. The summed E-state index contributed by atoms with van der Waals surface area (Å²) in [5.41, 5.74) is 3.10. The molecule has 0 amide bonds. The fourth-order valence-electron chi connectivity index (χ4n) is 2.77. The second-order valence-electron chi connectivity index (χ2n) is 5.16. The highest BCUT2D eigenvalue weighted by molar-refractivity contribution is 4.96. The van der Waals surface area contributed by atoms with Crippen LogP contribution in [0.2, 0.25) is 0 Å². The predicted octanol–water partition coefficient (Wildman–Crippen LogP) is 0.746. The molecule has 0 aliphatic carbocycles. The topological polar surface area (TPSA) is 59.8 Å². The molecule has 1 rings (SSSR count). The zero-order chi connectivity index (χ0) is 13.4. The van der Waals surface area contributed by atoms with Crippen LogP contribution in [0.3, 0.4) is 0 Å². The van der Waals surface area contributed by atoms with Crippen molar-refractivity contribution in [3.8, 4) is 0 Å². The average molecular weight is 259 g/mol. The van der Waals surface area contributed by atoms with Crippen molar-refractivity contribution in [2.24, 2.45) is 5.84 Å². The van der Waals surface area contributed by atoms with E-state index in [4.69, 9.17) is 15.3 Å². The van der Waals surface area contributed by atoms with E-state index in [2.05, 4.69) is 24.2 Å². The van der Waals surface area contributed by atoms with Gasteiger partial charge in [0.15, 0.2) is 0 Å². The van der Waals surface area contributed by atoms with E-state index >= 15 is 0 Å². The van der Waals surface area contributed by atoms with Crippen molar-refractivity contribution < 1.29 is 9.47 Å². The van der Waals surface area contributed by atoms with Gasteiger partial charge in [-0.25, -0.2) is 0 Å². The van der Waals surface area contributed by atoms with Crippen molar-refractivity contribution in [1.82, 2.24) is 10.3 Å². The van der Waals surface area contributed by atoms with Crippen LogP contribution in [0.15, 0.2) is 0 Å². The van der Waals surface area contributed by atoms with E-state index in [1.54, 1.807) is 7.11 Å². The molecule has 5 nitrogen and oxygen atoms in total. The number of morpholine rings is 1. The van der Waals surface area contributed by atoms with Crippen LogP contribution >= 0.6 is 0 Å². The second-order valence-corrected chi connectivity index (χ2v) is 5.16. The SMILES string of the molecule is CCC(C)(C(CCCOC)NN)N1CCOCC1. The molecule has 0 spiro atoms. The number of ether oxygens (including phenoxy) is 2. The molecule has 0 aromatic heterocycles. The summed E-state index contributed by atoms with van der Waals surface area (Å²) in [5, 5.41) is 0. The molecule has 1 aliphatic rings. The first-order valence-corrected chi connectivity index (χ1v) is 6.97. The van der Waals surface area contributed by atoms with E-state index in [1.807, 2.05) is 0 Å². The summed E-state index contributed by atoms with van der Waals surface area (Å²) in [6.07, 6.45) is 3.15. The van der Waals surface area contributed by atoms with Gasteiger partial charge in [0.2, 0.25) is 0 Å². The third-order valence-electron chi connectivity index (χ3n) is 4.24. The molecule has 1 aliphatic heterocycles. The molecule has 5 heteroatoms. The molecule has 2 unspecified atom stereocenters. The van der Waals surface area contributed by atoms with Crippen molar-refractivity contribution in [2.45, 2.75) is 44.7 Å². The summed E-state index contributed by atoms with van der Waals surface area (Å²) in [5.74, 6) is 5.77. The van der Waals surface area contributed by atoms with Gasteiger partial charge in [-0.1, -0.05) is 6.92 Å². The number of hydrogen-bond acceptors (Lipinski definition) is 5. The van der Waals surface area contributed by atoms with Gasteiger partial charge in [0, 0.05) is 38.4 Å². The predicted molar refractivity (Wildman–Crippen MR) is 73.3 cm³/mol. The normalized spacial score (nSPS) is 22.7. The molecular formula is C13H29N3O2. The Kier molecular flexibility index (Phi) is 7.11. The molecule has 0 aromatic rings. The Morgan fingerprint density at radius 1 is 1.44 bits per heavy atom. The molecule has 2 atom stereocenters. The molecule has 18 heavy (non-hydrogen) atoms.